The Morgan fingerprint density at radius 3 is 2.21 bits per heavy atom. The lowest BCUT2D eigenvalue weighted by atomic mass is 9.87. The van der Waals surface area contributed by atoms with Gasteiger partial charge >= 0.3 is 5.69 Å². The zero-order valence-corrected chi connectivity index (χ0v) is 16.9. The van der Waals surface area contributed by atoms with Crippen molar-refractivity contribution in [3.05, 3.63) is 80.5 Å². The second-order valence-corrected chi connectivity index (χ2v) is 8.95. The van der Waals surface area contributed by atoms with Gasteiger partial charge in [-0.15, -0.1) is 0 Å². The van der Waals surface area contributed by atoms with Crippen molar-refractivity contribution in [1.29, 1.82) is 0 Å². The Balaban J connectivity index is 1.84. The van der Waals surface area contributed by atoms with Gasteiger partial charge in [-0.1, -0.05) is 70.0 Å². The van der Waals surface area contributed by atoms with Crippen molar-refractivity contribution in [3.63, 3.8) is 0 Å². The molecule has 0 atom stereocenters. The molecule has 1 heterocycles. The highest BCUT2D eigenvalue weighted by atomic mass is 16.2. The first-order chi connectivity index (χ1) is 13.4. The molecular formula is C24H28N2O2. The van der Waals surface area contributed by atoms with Gasteiger partial charge in [0.15, 0.2) is 0 Å². The number of aromatic nitrogens is 2. The standard InChI is InChI=1S/C24H28N2O2/c1-24(2,3)18-14-12-17(13-15-18)16-25-21-11-7-6-10-20(21)22(27)26(23(25)28)19-8-4-5-9-19/h6-7,10-15,19H,4-5,8-9,16H2,1-3H3. The highest BCUT2D eigenvalue weighted by Gasteiger charge is 2.23. The van der Waals surface area contributed by atoms with Gasteiger partial charge in [0.1, 0.15) is 0 Å². The maximum Gasteiger partial charge on any atom is 0.332 e. The largest absolute Gasteiger partial charge is 0.332 e. The molecule has 0 unspecified atom stereocenters. The zero-order valence-electron chi connectivity index (χ0n) is 16.9. The summed E-state index contributed by atoms with van der Waals surface area (Å²) in [6, 6.07) is 15.9. The maximum absolute atomic E-state index is 13.3. The van der Waals surface area contributed by atoms with E-state index in [0.29, 0.717) is 17.4 Å². The van der Waals surface area contributed by atoms with Crippen LogP contribution < -0.4 is 11.2 Å². The minimum absolute atomic E-state index is 0.0270. The molecule has 0 saturated heterocycles. The third-order valence-corrected chi connectivity index (χ3v) is 5.93. The fourth-order valence-corrected chi connectivity index (χ4v) is 4.27. The van der Waals surface area contributed by atoms with Crippen LogP contribution in [0.2, 0.25) is 0 Å². The SMILES string of the molecule is CC(C)(C)c1ccc(Cn2c(=O)n(C3CCCC3)c(=O)c3ccccc32)cc1. The van der Waals surface area contributed by atoms with E-state index in [1.807, 2.05) is 24.3 Å². The Hall–Kier alpha value is -2.62. The third-order valence-electron chi connectivity index (χ3n) is 5.93. The van der Waals surface area contributed by atoms with E-state index in [1.54, 1.807) is 4.57 Å². The van der Waals surface area contributed by atoms with Gasteiger partial charge in [0, 0.05) is 6.04 Å². The van der Waals surface area contributed by atoms with E-state index >= 15 is 0 Å². The van der Waals surface area contributed by atoms with Gasteiger partial charge in [0.25, 0.3) is 5.56 Å². The van der Waals surface area contributed by atoms with Crippen molar-refractivity contribution in [2.24, 2.45) is 0 Å². The summed E-state index contributed by atoms with van der Waals surface area (Å²) in [5.41, 5.74) is 2.81. The van der Waals surface area contributed by atoms with E-state index in [4.69, 9.17) is 0 Å². The van der Waals surface area contributed by atoms with Crippen molar-refractivity contribution in [2.45, 2.75) is 64.5 Å². The summed E-state index contributed by atoms with van der Waals surface area (Å²) >= 11 is 0. The predicted octanol–water partition coefficient (Wildman–Crippen LogP) is 4.62. The van der Waals surface area contributed by atoms with E-state index in [9.17, 15) is 9.59 Å². The minimum Gasteiger partial charge on any atom is -0.289 e. The van der Waals surface area contributed by atoms with Crippen LogP contribution in [-0.2, 0) is 12.0 Å². The summed E-state index contributed by atoms with van der Waals surface area (Å²) in [5.74, 6) is 0. The molecule has 1 aliphatic carbocycles. The molecule has 0 radical (unpaired) electrons. The summed E-state index contributed by atoms with van der Waals surface area (Å²) in [7, 11) is 0. The molecule has 0 bridgehead atoms. The zero-order chi connectivity index (χ0) is 19.9. The molecule has 0 aliphatic heterocycles. The highest BCUT2D eigenvalue weighted by Crippen LogP contribution is 2.28. The van der Waals surface area contributed by atoms with Crippen molar-refractivity contribution >= 4 is 10.9 Å². The van der Waals surface area contributed by atoms with Gasteiger partial charge < -0.3 is 0 Å². The third kappa shape index (κ3) is 3.32. The molecule has 0 N–H and O–H groups in total. The molecule has 1 saturated carbocycles. The van der Waals surface area contributed by atoms with Crippen LogP contribution >= 0.6 is 0 Å². The Morgan fingerprint density at radius 2 is 1.57 bits per heavy atom. The summed E-state index contributed by atoms with van der Waals surface area (Å²) in [4.78, 5) is 26.4. The summed E-state index contributed by atoms with van der Waals surface area (Å²) in [5, 5.41) is 0.625. The molecule has 1 aliphatic rings. The quantitative estimate of drug-likeness (QED) is 0.669. The molecule has 3 aromatic rings. The summed E-state index contributed by atoms with van der Waals surface area (Å²) in [6.07, 6.45) is 3.98. The van der Waals surface area contributed by atoms with Crippen molar-refractivity contribution in [3.8, 4) is 0 Å². The van der Waals surface area contributed by atoms with Crippen molar-refractivity contribution in [2.75, 3.05) is 0 Å². The number of para-hydroxylation sites is 1. The van der Waals surface area contributed by atoms with E-state index < -0.39 is 0 Å². The van der Waals surface area contributed by atoms with Gasteiger partial charge in [0.05, 0.1) is 17.4 Å². The van der Waals surface area contributed by atoms with Gasteiger partial charge in [-0.05, 0) is 41.5 Å². The van der Waals surface area contributed by atoms with Crippen LogP contribution in [0.3, 0.4) is 0 Å². The molecule has 4 rings (SSSR count). The topological polar surface area (TPSA) is 44.0 Å². The van der Waals surface area contributed by atoms with Crippen molar-refractivity contribution < 1.29 is 0 Å². The number of nitrogens with zero attached hydrogens (tertiary/aromatic N) is 2. The van der Waals surface area contributed by atoms with Gasteiger partial charge in [-0.3, -0.25) is 13.9 Å². The van der Waals surface area contributed by atoms with Crippen LogP contribution in [0, 0.1) is 0 Å². The van der Waals surface area contributed by atoms with Gasteiger partial charge in [0.2, 0.25) is 0 Å². The van der Waals surface area contributed by atoms with E-state index in [-0.39, 0.29) is 22.7 Å². The van der Waals surface area contributed by atoms with Crippen LogP contribution in [0.1, 0.15) is 63.6 Å². The fraction of sp³-hybridized carbons (Fsp3) is 0.417. The molecular weight excluding hydrogens is 348 g/mol. The smallest absolute Gasteiger partial charge is 0.289 e. The number of rotatable bonds is 3. The Labute approximate surface area is 165 Å². The molecule has 0 amide bonds. The Bertz CT molecular complexity index is 1110. The molecule has 28 heavy (non-hydrogen) atoms. The number of hydrogen-bond donors (Lipinski definition) is 0. The Morgan fingerprint density at radius 1 is 0.929 bits per heavy atom. The average Bonchev–Trinajstić information content (AvgIpc) is 3.19. The summed E-state index contributed by atoms with van der Waals surface area (Å²) in [6.45, 7) is 7.04. The lowest BCUT2D eigenvalue weighted by Crippen LogP contribution is -2.42. The monoisotopic (exact) mass is 376 g/mol. The molecule has 2 aromatic carbocycles. The average molecular weight is 377 g/mol. The number of benzene rings is 2. The van der Waals surface area contributed by atoms with E-state index in [0.717, 1.165) is 31.2 Å². The van der Waals surface area contributed by atoms with Gasteiger partial charge in [-0.25, -0.2) is 4.79 Å². The van der Waals surface area contributed by atoms with Crippen LogP contribution in [0.4, 0.5) is 0 Å². The first-order valence-electron chi connectivity index (χ1n) is 10.2. The molecule has 1 fully saturated rings. The lowest BCUT2D eigenvalue weighted by molar-refractivity contribution is 0.466. The number of fused-ring (bicyclic) bond motifs is 1. The van der Waals surface area contributed by atoms with E-state index in [1.165, 1.54) is 10.1 Å². The lowest BCUT2D eigenvalue weighted by Gasteiger charge is -2.20. The maximum atomic E-state index is 13.3. The molecule has 4 nitrogen and oxygen atoms in total. The minimum atomic E-state index is -0.185. The predicted molar refractivity (Wildman–Crippen MR) is 114 cm³/mol. The van der Waals surface area contributed by atoms with Crippen molar-refractivity contribution in [1.82, 2.24) is 9.13 Å². The number of hydrogen-bond acceptors (Lipinski definition) is 2. The second kappa shape index (κ2) is 7.08. The van der Waals surface area contributed by atoms with Crippen LogP contribution in [-0.4, -0.2) is 9.13 Å². The normalized spacial score (nSPS) is 15.4. The van der Waals surface area contributed by atoms with Crippen LogP contribution in [0.5, 0.6) is 0 Å². The first-order valence-corrected chi connectivity index (χ1v) is 10.2. The molecule has 0 spiro atoms. The van der Waals surface area contributed by atoms with Gasteiger partial charge in [-0.2, -0.15) is 0 Å². The van der Waals surface area contributed by atoms with Crippen LogP contribution in [0.25, 0.3) is 10.9 Å². The molecule has 4 heteroatoms. The first kappa shape index (κ1) is 18.7. The molecule has 1 aromatic heterocycles. The summed E-state index contributed by atoms with van der Waals surface area (Å²) < 4.78 is 3.28. The molecule has 146 valence electrons. The highest BCUT2D eigenvalue weighted by molar-refractivity contribution is 5.78. The Kier molecular flexibility index (Phi) is 4.74. The fourth-order valence-electron chi connectivity index (χ4n) is 4.27. The van der Waals surface area contributed by atoms with Crippen LogP contribution in [0.15, 0.2) is 58.1 Å². The van der Waals surface area contributed by atoms with E-state index in [2.05, 4.69) is 45.0 Å². The second-order valence-electron chi connectivity index (χ2n) is 8.95.